The molecule has 1 aromatic carbocycles. The fourth-order valence-electron chi connectivity index (χ4n) is 2.52. The minimum absolute atomic E-state index is 0. The quantitative estimate of drug-likeness (QED) is 0.553. The number of nitrogens with zero attached hydrogens (tertiary/aromatic N) is 2. The number of piperazine rings is 1. The predicted molar refractivity (Wildman–Crippen MR) is 107 cm³/mol. The Morgan fingerprint density at radius 2 is 1.92 bits per heavy atom. The van der Waals surface area contributed by atoms with Crippen LogP contribution in [0.5, 0.6) is 0 Å². The number of nitrogens with one attached hydrogen (secondary N) is 1. The molecule has 1 saturated heterocycles. The van der Waals surface area contributed by atoms with Crippen LogP contribution in [0.2, 0.25) is 5.02 Å². The average Bonchev–Trinajstić information content (AvgIpc) is 2.58. The van der Waals surface area contributed by atoms with Gasteiger partial charge < -0.3 is 20.9 Å². The van der Waals surface area contributed by atoms with Crippen molar-refractivity contribution in [3.05, 3.63) is 29.3 Å². The molecular formula is C16H24Cl2N4O2S. The van der Waals surface area contributed by atoms with Crippen LogP contribution in [-0.2, 0) is 9.59 Å². The third-order valence-corrected chi connectivity index (χ3v) is 5.09. The van der Waals surface area contributed by atoms with Crippen molar-refractivity contribution in [2.45, 2.75) is 13.0 Å². The Hall–Kier alpha value is -1.15. The predicted octanol–water partition coefficient (Wildman–Crippen LogP) is 1.56. The molecule has 2 amide bonds. The molecule has 0 spiro atoms. The van der Waals surface area contributed by atoms with Crippen LogP contribution in [0, 0.1) is 0 Å². The fraction of sp³-hybridized carbons (Fsp3) is 0.500. The lowest BCUT2D eigenvalue weighted by Gasteiger charge is -2.37. The van der Waals surface area contributed by atoms with E-state index in [1.165, 1.54) is 18.7 Å². The summed E-state index contributed by atoms with van der Waals surface area (Å²) in [6.45, 7) is 4.20. The van der Waals surface area contributed by atoms with Gasteiger partial charge in [0.15, 0.2) is 0 Å². The molecule has 1 aliphatic heterocycles. The number of para-hydroxylation sites is 1. The minimum atomic E-state index is -0.546. The largest absolute Gasteiger partial charge is 0.367 e. The average molecular weight is 407 g/mol. The van der Waals surface area contributed by atoms with Crippen LogP contribution in [0.1, 0.15) is 6.92 Å². The molecule has 6 nitrogen and oxygen atoms in total. The van der Waals surface area contributed by atoms with Crippen molar-refractivity contribution in [3.63, 3.8) is 0 Å². The summed E-state index contributed by atoms with van der Waals surface area (Å²) in [6, 6.07) is 7.18. The Balaban J connectivity index is 0.00000312. The van der Waals surface area contributed by atoms with Gasteiger partial charge in [-0.1, -0.05) is 23.7 Å². The second-order valence-corrected chi connectivity index (χ2v) is 7.06. The first-order valence-electron chi connectivity index (χ1n) is 7.85. The van der Waals surface area contributed by atoms with Gasteiger partial charge in [0, 0.05) is 38.9 Å². The summed E-state index contributed by atoms with van der Waals surface area (Å²) >= 11 is 7.67. The van der Waals surface area contributed by atoms with Gasteiger partial charge in [-0.3, -0.25) is 9.59 Å². The molecule has 0 aromatic heterocycles. The van der Waals surface area contributed by atoms with Gasteiger partial charge in [0.1, 0.15) is 0 Å². The molecule has 0 unspecified atom stereocenters. The molecule has 0 bridgehead atoms. The van der Waals surface area contributed by atoms with E-state index in [0.29, 0.717) is 24.7 Å². The number of amides is 2. The molecule has 0 radical (unpaired) electrons. The first kappa shape index (κ1) is 21.9. The number of benzene rings is 1. The van der Waals surface area contributed by atoms with E-state index in [4.69, 9.17) is 17.3 Å². The lowest BCUT2D eigenvalue weighted by Crippen LogP contribution is -2.54. The molecular weight excluding hydrogens is 383 g/mol. The SMILES string of the molecule is CC(=O)NCSC[C@@H](N)C(=O)N1CCN(c2ccccc2Cl)CC1.Cl. The Labute approximate surface area is 163 Å². The van der Waals surface area contributed by atoms with Gasteiger partial charge in [-0.2, -0.15) is 0 Å². The van der Waals surface area contributed by atoms with Crippen molar-refractivity contribution < 1.29 is 9.59 Å². The normalized spacial score (nSPS) is 15.3. The van der Waals surface area contributed by atoms with E-state index in [2.05, 4.69) is 10.2 Å². The molecule has 1 aromatic rings. The maximum absolute atomic E-state index is 12.4. The van der Waals surface area contributed by atoms with Gasteiger partial charge in [0.05, 0.1) is 22.6 Å². The molecule has 140 valence electrons. The number of carbonyl (C=O) groups excluding carboxylic acids is 2. The van der Waals surface area contributed by atoms with Crippen LogP contribution in [0.15, 0.2) is 24.3 Å². The van der Waals surface area contributed by atoms with E-state index in [0.717, 1.165) is 23.8 Å². The number of hydrogen-bond donors (Lipinski definition) is 2. The summed E-state index contributed by atoms with van der Waals surface area (Å²) in [5, 5.41) is 3.40. The summed E-state index contributed by atoms with van der Waals surface area (Å²) in [7, 11) is 0. The lowest BCUT2D eigenvalue weighted by atomic mass is 10.2. The molecule has 25 heavy (non-hydrogen) atoms. The smallest absolute Gasteiger partial charge is 0.240 e. The zero-order valence-corrected chi connectivity index (χ0v) is 16.5. The van der Waals surface area contributed by atoms with Gasteiger partial charge in [-0.05, 0) is 12.1 Å². The van der Waals surface area contributed by atoms with Gasteiger partial charge >= 0.3 is 0 Å². The van der Waals surface area contributed by atoms with Crippen LogP contribution in [-0.4, -0.2) is 60.6 Å². The Morgan fingerprint density at radius 3 is 2.52 bits per heavy atom. The summed E-state index contributed by atoms with van der Waals surface area (Å²) in [6.07, 6.45) is 0. The molecule has 0 saturated carbocycles. The minimum Gasteiger partial charge on any atom is -0.367 e. The zero-order valence-electron chi connectivity index (χ0n) is 14.1. The van der Waals surface area contributed by atoms with Crippen molar-refractivity contribution in [2.24, 2.45) is 5.73 Å². The number of rotatable bonds is 6. The van der Waals surface area contributed by atoms with E-state index in [9.17, 15) is 9.59 Å². The number of halogens is 2. The van der Waals surface area contributed by atoms with E-state index in [1.807, 2.05) is 24.3 Å². The maximum atomic E-state index is 12.4. The highest BCUT2D eigenvalue weighted by molar-refractivity contribution is 7.99. The van der Waals surface area contributed by atoms with Gasteiger partial charge in [-0.15, -0.1) is 24.2 Å². The molecule has 3 N–H and O–H groups in total. The number of anilines is 1. The van der Waals surface area contributed by atoms with Gasteiger partial charge in [-0.25, -0.2) is 0 Å². The van der Waals surface area contributed by atoms with Crippen molar-refractivity contribution in [2.75, 3.05) is 42.7 Å². The molecule has 1 aliphatic rings. The number of hydrogen-bond acceptors (Lipinski definition) is 5. The topological polar surface area (TPSA) is 78.7 Å². The van der Waals surface area contributed by atoms with Crippen LogP contribution < -0.4 is 16.0 Å². The van der Waals surface area contributed by atoms with E-state index in [1.54, 1.807) is 4.90 Å². The molecule has 0 aliphatic carbocycles. The maximum Gasteiger partial charge on any atom is 0.240 e. The van der Waals surface area contributed by atoms with Crippen molar-refractivity contribution >= 4 is 53.3 Å². The Morgan fingerprint density at radius 1 is 1.28 bits per heavy atom. The van der Waals surface area contributed by atoms with Crippen molar-refractivity contribution in [1.29, 1.82) is 0 Å². The van der Waals surface area contributed by atoms with E-state index >= 15 is 0 Å². The monoisotopic (exact) mass is 406 g/mol. The first-order chi connectivity index (χ1) is 11.5. The molecule has 1 atom stereocenters. The van der Waals surface area contributed by atoms with Crippen LogP contribution in [0.3, 0.4) is 0 Å². The molecule has 2 rings (SSSR count). The fourth-order valence-corrected chi connectivity index (χ4v) is 3.60. The summed E-state index contributed by atoms with van der Waals surface area (Å²) in [5.41, 5.74) is 6.98. The third kappa shape index (κ3) is 6.58. The molecule has 9 heteroatoms. The first-order valence-corrected chi connectivity index (χ1v) is 9.38. The van der Waals surface area contributed by atoms with Crippen molar-refractivity contribution in [3.8, 4) is 0 Å². The van der Waals surface area contributed by atoms with Crippen LogP contribution >= 0.6 is 35.8 Å². The van der Waals surface area contributed by atoms with Crippen LogP contribution in [0.4, 0.5) is 5.69 Å². The van der Waals surface area contributed by atoms with Crippen molar-refractivity contribution in [1.82, 2.24) is 10.2 Å². The molecule has 1 heterocycles. The van der Waals surface area contributed by atoms with E-state index < -0.39 is 6.04 Å². The zero-order chi connectivity index (χ0) is 17.5. The summed E-state index contributed by atoms with van der Waals surface area (Å²) in [5.74, 6) is 0.836. The Kier molecular flexibility index (Phi) is 9.42. The Bertz CT molecular complexity index is 583. The van der Waals surface area contributed by atoms with E-state index in [-0.39, 0.29) is 24.2 Å². The standard InChI is InChI=1S/C16H23ClN4O2S.ClH/c1-12(22)19-11-24-10-14(18)16(23)21-8-6-20(7-9-21)15-5-3-2-4-13(15)17;/h2-5,14H,6-11,18H2,1H3,(H,19,22);1H/t14-;/m1./s1. The second-order valence-electron chi connectivity index (χ2n) is 5.62. The lowest BCUT2D eigenvalue weighted by molar-refractivity contribution is -0.132. The third-order valence-electron chi connectivity index (χ3n) is 3.82. The summed E-state index contributed by atoms with van der Waals surface area (Å²) < 4.78 is 0. The highest BCUT2D eigenvalue weighted by atomic mass is 35.5. The highest BCUT2D eigenvalue weighted by Gasteiger charge is 2.25. The van der Waals surface area contributed by atoms with Gasteiger partial charge in [0.25, 0.3) is 0 Å². The summed E-state index contributed by atoms with van der Waals surface area (Å²) in [4.78, 5) is 27.2. The number of carbonyl (C=O) groups is 2. The van der Waals surface area contributed by atoms with Crippen LogP contribution in [0.25, 0.3) is 0 Å². The number of nitrogens with two attached hydrogens (primary N) is 1. The molecule has 1 fully saturated rings. The highest BCUT2D eigenvalue weighted by Crippen LogP contribution is 2.26. The number of thioether (sulfide) groups is 1. The van der Waals surface area contributed by atoms with Gasteiger partial charge in [0.2, 0.25) is 11.8 Å². The second kappa shape index (κ2) is 10.8.